The van der Waals surface area contributed by atoms with Crippen molar-refractivity contribution in [3.63, 3.8) is 0 Å². The van der Waals surface area contributed by atoms with Gasteiger partial charge in [0.05, 0.1) is 18.1 Å². The van der Waals surface area contributed by atoms with Crippen LogP contribution in [0.15, 0.2) is 44.5 Å². The summed E-state index contributed by atoms with van der Waals surface area (Å²) in [6.07, 6.45) is 5.16. The summed E-state index contributed by atoms with van der Waals surface area (Å²) in [5, 5.41) is 9.94. The molecule has 0 aromatic carbocycles. The van der Waals surface area contributed by atoms with Crippen molar-refractivity contribution in [3.05, 3.63) is 53.6 Å². The van der Waals surface area contributed by atoms with E-state index >= 15 is 0 Å². The van der Waals surface area contributed by atoms with Gasteiger partial charge in [-0.3, -0.25) is 9.89 Å². The van der Waals surface area contributed by atoms with Gasteiger partial charge in [-0.15, -0.1) is 5.10 Å². The Morgan fingerprint density at radius 2 is 2.28 bits per heavy atom. The van der Waals surface area contributed by atoms with Gasteiger partial charge in [-0.2, -0.15) is 0 Å². The first kappa shape index (κ1) is 17.1. The summed E-state index contributed by atoms with van der Waals surface area (Å²) in [5.74, 6) is 2.80. The van der Waals surface area contributed by atoms with E-state index in [9.17, 15) is 4.79 Å². The van der Waals surface area contributed by atoms with Crippen molar-refractivity contribution in [2.24, 2.45) is 0 Å². The number of amides is 1. The summed E-state index contributed by atoms with van der Waals surface area (Å²) in [5.41, 5.74) is 0. The Hall–Kier alpha value is -2.74. The fourth-order valence-corrected chi connectivity index (χ4v) is 2.79. The molecule has 2 N–H and O–H groups in total. The van der Waals surface area contributed by atoms with E-state index in [1.54, 1.807) is 25.3 Å². The molecule has 0 saturated carbocycles. The zero-order valence-corrected chi connectivity index (χ0v) is 14.7. The van der Waals surface area contributed by atoms with Crippen LogP contribution in [0.2, 0.25) is 0 Å². The Labute approximate surface area is 148 Å². The number of hydrogen-bond acceptors (Lipinski definition) is 6. The first-order valence-electron chi connectivity index (χ1n) is 7.74. The number of carbonyl (C=O) groups excluding carboxylic acids is 1. The Kier molecular flexibility index (Phi) is 5.39. The topological polar surface area (TPSA) is 97.0 Å². The molecule has 0 aliphatic heterocycles. The molecular weight excluding hydrogens is 340 g/mol. The highest BCUT2D eigenvalue weighted by Crippen LogP contribution is 2.20. The fraction of sp³-hybridized carbons (Fsp3) is 0.235. The molecule has 0 spiro atoms. The molecule has 3 aromatic heterocycles. The predicted molar refractivity (Wildman–Crippen MR) is 94.6 cm³/mol. The molecule has 0 saturated heterocycles. The smallest absolute Gasteiger partial charge is 0.233 e. The van der Waals surface area contributed by atoms with Gasteiger partial charge < -0.3 is 14.2 Å². The summed E-state index contributed by atoms with van der Waals surface area (Å²) >= 11 is 1.28. The average molecular weight is 358 g/mol. The molecule has 0 aliphatic carbocycles. The number of rotatable bonds is 7. The highest BCUT2D eigenvalue weighted by molar-refractivity contribution is 8.00. The van der Waals surface area contributed by atoms with Gasteiger partial charge in [-0.1, -0.05) is 11.8 Å². The lowest BCUT2D eigenvalue weighted by molar-refractivity contribution is -0.120. The van der Waals surface area contributed by atoms with Crippen molar-refractivity contribution in [3.8, 4) is 0 Å². The highest BCUT2D eigenvalue weighted by atomic mass is 32.2. The van der Waals surface area contributed by atoms with E-state index in [0.29, 0.717) is 23.3 Å². The number of nitrogens with zero attached hydrogens (tertiary/aromatic N) is 2. The normalized spacial score (nSPS) is 12.6. The standard InChI is InChI=1S/C17H18N4O3S/c1-11-5-6-13(24-11)7-8-15-19-17(21-20-15)25-12(2)16(22)18-10-14-4-3-9-23-14/h3-9,12H,10H2,1-2H3,(H,18,22)(H,19,20,21)/b8-7+/t12-/m0/s1. The second kappa shape index (κ2) is 7.89. The molecule has 1 atom stereocenters. The van der Waals surface area contributed by atoms with Crippen LogP contribution < -0.4 is 5.32 Å². The van der Waals surface area contributed by atoms with Crippen LogP contribution in [0.3, 0.4) is 0 Å². The lowest BCUT2D eigenvalue weighted by Gasteiger charge is -2.08. The second-order valence-electron chi connectivity index (χ2n) is 5.34. The van der Waals surface area contributed by atoms with Gasteiger partial charge in [0, 0.05) is 0 Å². The minimum absolute atomic E-state index is 0.102. The maximum Gasteiger partial charge on any atom is 0.233 e. The van der Waals surface area contributed by atoms with Gasteiger partial charge in [0.1, 0.15) is 23.1 Å². The lowest BCUT2D eigenvalue weighted by Crippen LogP contribution is -2.30. The summed E-state index contributed by atoms with van der Waals surface area (Å²) < 4.78 is 10.6. The number of thioether (sulfide) groups is 1. The molecule has 8 heteroatoms. The number of carbonyl (C=O) groups is 1. The van der Waals surface area contributed by atoms with Crippen molar-refractivity contribution in [2.45, 2.75) is 30.8 Å². The summed E-state index contributed by atoms with van der Waals surface area (Å²) in [6.45, 7) is 4.06. The molecule has 25 heavy (non-hydrogen) atoms. The molecule has 3 heterocycles. The van der Waals surface area contributed by atoms with Crippen LogP contribution in [-0.4, -0.2) is 26.3 Å². The zero-order valence-electron chi connectivity index (χ0n) is 13.9. The van der Waals surface area contributed by atoms with Crippen LogP contribution in [0.4, 0.5) is 0 Å². The van der Waals surface area contributed by atoms with Gasteiger partial charge in [0.25, 0.3) is 0 Å². The number of aromatic amines is 1. The van der Waals surface area contributed by atoms with E-state index < -0.39 is 0 Å². The van der Waals surface area contributed by atoms with E-state index in [1.807, 2.05) is 31.2 Å². The Balaban J connectivity index is 1.51. The molecular formula is C17H18N4O3S. The highest BCUT2D eigenvalue weighted by Gasteiger charge is 2.17. The number of H-pyrrole nitrogens is 1. The van der Waals surface area contributed by atoms with Crippen LogP contribution in [0.25, 0.3) is 12.2 Å². The largest absolute Gasteiger partial charge is 0.467 e. The van der Waals surface area contributed by atoms with Crippen molar-refractivity contribution in [1.29, 1.82) is 0 Å². The summed E-state index contributed by atoms with van der Waals surface area (Å²) in [6, 6.07) is 7.37. The van der Waals surface area contributed by atoms with Crippen molar-refractivity contribution in [1.82, 2.24) is 20.5 Å². The molecule has 0 fully saturated rings. The minimum Gasteiger partial charge on any atom is -0.467 e. The number of hydrogen-bond donors (Lipinski definition) is 2. The molecule has 130 valence electrons. The van der Waals surface area contributed by atoms with Crippen LogP contribution >= 0.6 is 11.8 Å². The molecule has 0 aliphatic rings. The number of furan rings is 2. The maximum atomic E-state index is 12.1. The quantitative estimate of drug-likeness (QED) is 0.629. The monoisotopic (exact) mass is 358 g/mol. The fourth-order valence-electron chi connectivity index (χ4n) is 2.03. The molecule has 0 unspecified atom stereocenters. The summed E-state index contributed by atoms with van der Waals surface area (Å²) in [4.78, 5) is 16.4. The van der Waals surface area contributed by atoms with Gasteiger partial charge in [-0.25, -0.2) is 4.98 Å². The van der Waals surface area contributed by atoms with Gasteiger partial charge in [-0.05, 0) is 50.3 Å². The molecule has 3 rings (SSSR count). The van der Waals surface area contributed by atoms with Crippen molar-refractivity contribution >= 4 is 29.8 Å². The first-order chi connectivity index (χ1) is 12.1. The van der Waals surface area contributed by atoms with Gasteiger partial charge in [0.2, 0.25) is 11.1 Å². The van der Waals surface area contributed by atoms with Crippen LogP contribution in [0.5, 0.6) is 0 Å². The molecule has 7 nitrogen and oxygen atoms in total. The van der Waals surface area contributed by atoms with Crippen molar-refractivity contribution in [2.75, 3.05) is 0 Å². The van der Waals surface area contributed by atoms with Crippen LogP contribution in [0, 0.1) is 6.92 Å². The Bertz CT molecular complexity index is 851. The lowest BCUT2D eigenvalue weighted by atomic mass is 10.4. The average Bonchev–Trinajstić information content (AvgIpc) is 3.33. The third-order valence-corrected chi connectivity index (χ3v) is 4.28. The van der Waals surface area contributed by atoms with Gasteiger partial charge >= 0.3 is 0 Å². The van der Waals surface area contributed by atoms with Crippen molar-refractivity contribution < 1.29 is 13.6 Å². The number of aromatic nitrogens is 3. The maximum absolute atomic E-state index is 12.1. The molecule has 0 bridgehead atoms. The van der Waals surface area contributed by atoms with E-state index in [4.69, 9.17) is 8.83 Å². The zero-order chi connectivity index (χ0) is 17.6. The number of aryl methyl sites for hydroxylation is 1. The number of nitrogens with one attached hydrogen (secondary N) is 2. The van der Waals surface area contributed by atoms with Crippen LogP contribution in [-0.2, 0) is 11.3 Å². The molecule has 0 radical (unpaired) electrons. The van der Waals surface area contributed by atoms with E-state index in [2.05, 4.69) is 20.5 Å². The molecule has 3 aromatic rings. The first-order valence-corrected chi connectivity index (χ1v) is 8.62. The third-order valence-electron chi connectivity index (χ3n) is 3.32. The van der Waals surface area contributed by atoms with Crippen LogP contribution in [0.1, 0.15) is 30.0 Å². The minimum atomic E-state index is -0.324. The third kappa shape index (κ3) is 4.87. The van der Waals surface area contributed by atoms with Gasteiger partial charge in [0.15, 0.2) is 0 Å². The Morgan fingerprint density at radius 1 is 1.40 bits per heavy atom. The van der Waals surface area contributed by atoms with E-state index in [0.717, 1.165) is 11.5 Å². The van der Waals surface area contributed by atoms with E-state index in [1.165, 1.54) is 11.8 Å². The molecule has 1 amide bonds. The SMILES string of the molecule is Cc1ccc(/C=C/c2nc(S[C@@H](C)C(=O)NCc3ccco3)n[nH]2)o1. The Morgan fingerprint density at radius 3 is 3.00 bits per heavy atom. The van der Waals surface area contributed by atoms with E-state index in [-0.39, 0.29) is 11.2 Å². The second-order valence-corrected chi connectivity index (χ2v) is 6.65. The summed E-state index contributed by atoms with van der Waals surface area (Å²) in [7, 11) is 0. The predicted octanol–water partition coefficient (Wildman–Crippen LogP) is 3.27.